The lowest BCUT2D eigenvalue weighted by Crippen LogP contribution is -1.87. The minimum atomic E-state index is -0.540. The van der Waals surface area contributed by atoms with E-state index in [-0.39, 0.29) is 11.4 Å². The second kappa shape index (κ2) is 4.33. The van der Waals surface area contributed by atoms with Gasteiger partial charge in [-0.1, -0.05) is 12.1 Å². The topological polar surface area (TPSA) is 76.3 Å². The van der Waals surface area contributed by atoms with Crippen LogP contribution in [0, 0.1) is 10.1 Å². The van der Waals surface area contributed by atoms with Crippen LogP contribution in [0.5, 0.6) is 5.75 Å². The molecule has 1 aromatic heterocycles. The second-order valence-corrected chi connectivity index (χ2v) is 4.98. The number of hydrogen-bond donors (Lipinski definition) is 1. The van der Waals surface area contributed by atoms with Gasteiger partial charge >= 0.3 is 0 Å². The summed E-state index contributed by atoms with van der Waals surface area (Å²) in [6, 6.07) is 11.7. The summed E-state index contributed by atoms with van der Waals surface area (Å²) in [6.45, 7) is 0. The number of nitro benzene ring substituents is 1. The Kier molecular flexibility index (Phi) is 2.64. The molecule has 3 aromatic rings. The molecule has 0 saturated heterocycles. The zero-order valence-corrected chi connectivity index (χ0v) is 10.4. The van der Waals surface area contributed by atoms with Crippen LogP contribution in [0.3, 0.4) is 0 Å². The highest BCUT2D eigenvalue weighted by Gasteiger charge is 2.14. The largest absolute Gasteiger partial charge is 0.507 e. The van der Waals surface area contributed by atoms with Crippen molar-refractivity contribution in [1.29, 1.82) is 0 Å². The summed E-state index contributed by atoms with van der Waals surface area (Å²) in [5, 5.41) is 21.2. The molecule has 0 aliphatic rings. The van der Waals surface area contributed by atoms with Crippen LogP contribution in [0.15, 0.2) is 42.5 Å². The number of nitro groups is 1. The van der Waals surface area contributed by atoms with Crippen molar-refractivity contribution in [3.05, 3.63) is 52.6 Å². The highest BCUT2D eigenvalue weighted by atomic mass is 32.1. The van der Waals surface area contributed by atoms with E-state index in [0.29, 0.717) is 10.6 Å². The summed E-state index contributed by atoms with van der Waals surface area (Å²) in [4.78, 5) is 14.5. The number of nitrogens with zero attached hydrogens (tertiary/aromatic N) is 2. The quantitative estimate of drug-likeness (QED) is 0.571. The lowest BCUT2D eigenvalue weighted by molar-refractivity contribution is -0.384. The first-order valence-electron chi connectivity index (χ1n) is 5.48. The van der Waals surface area contributed by atoms with Crippen molar-refractivity contribution in [2.45, 2.75) is 0 Å². The Bertz CT molecular complexity index is 749. The first kappa shape index (κ1) is 11.6. The summed E-state index contributed by atoms with van der Waals surface area (Å²) < 4.78 is 1.01. The fraction of sp³-hybridized carbons (Fsp3) is 0. The number of phenolic OH excluding ortho intramolecular Hbond substituents is 1. The molecule has 0 saturated carbocycles. The number of thiazole rings is 1. The van der Waals surface area contributed by atoms with Gasteiger partial charge in [0.25, 0.3) is 5.69 Å². The van der Waals surface area contributed by atoms with Crippen LogP contribution in [0.25, 0.3) is 20.8 Å². The number of rotatable bonds is 2. The Hall–Kier alpha value is -2.47. The van der Waals surface area contributed by atoms with E-state index in [9.17, 15) is 15.2 Å². The Balaban J connectivity index is 2.13. The minimum absolute atomic E-state index is 0.131. The molecule has 19 heavy (non-hydrogen) atoms. The van der Waals surface area contributed by atoms with Crippen LogP contribution >= 0.6 is 11.3 Å². The molecule has 0 radical (unpaired) electrons. The van der Waals surface area contributed by atoms with Gasteiger partial charge in [-0.15, -0.1) is 11.3 Å². The van der Waals surface area contributed by atoms with Crippen molar-refractivity contribution >= 4 is 27.2 Å². The van der Waals surface area contributed by atoms with E-state index in [1.807, 2.05) is 24.3 Å². The smallest absolute Gasteiger partial charge is 0.273 e. The standard InChI is InChI=1S/C13H8N2O3S/c16-11-7-8(15(17)18)5-6-9(11)13-14-10-3-1-2-4-12(10)19-13/h1-7,16H. The van der Waals surface area contributed by atoms with Gasteiger partial charge in [0.15, 0.2) is 0 Å². The van der Waals surface area contributed by atoms with Crippen molar-refractivity contribution in [1.82, 2.24) is 4.98 Å². The molecule has 3 rings (SSSR count). The third kappa shape index (κ3) is 2.02. The number of hydrogen-bond acceptors (Lipinski definition) is 5. The number of aromatic nitrogens is 1. The molecule has 0 fully saturated rings. The van der Waals surface area contributed by atoms with Gasteiger partial charge in [-0.05, 0) is 18.2 Å². The van der Waals surface area contributed by atoms with E-state index in [0.717, 1.165) is 16.3 Å². The number of non-ortho nitro benzene ring substituents is 1. The molecular weight excluding hydrogens is 264 g/mol. The van der Waals surface area contributed by atoms with Gasteiger partial charge in [-0.2, -0.15) is 0 Å². The molecular formula is C13H8N2O3S. The molecule has 0 unspecified atom stereocenters. The van der Waals surface area contributed by atoms with Gasteiger partial charge in [0.2, 0.25) is 0 Å². The monoisotopic (exact) mass is 272 g/mol. The van der Waals surface area contributed by atoms with E-state index in [4.69, 9.17) is 0 Å². The Morgan fingerprint density at radius 2 is 2.00 bits per heavy atom. The highest BCUT2D eigenvalue weighted by molar-refractivity contribution is 7.21. The minimum Gasteiger partial charge on any atom is -0.507 e. The molecule has 1 N–H and O–H groups in total. The predicted octanol–water partition coefficient (Wildman–Crippen LogP) is 3.58. The molecule has 2 aromatic carbocycles. The molecule has 0 amide bonds. The molecule has 0 aliphatic carbocycles. The van der Waals surface area contributed by atoms with E-state index >= 15 is 0 Å². The fourth-order valence-corrected chi connectivity index (χ4v) is 2.80. The average molecular weight is 272 g/mol. The van der Waals surface area contributed by atoms with Crippen LogP contribution in [-0.4, -0.2) is 15.0 Å². The van der Waals surface area contributed by atoms with Gasteiger partial charge < -0.3 is 5.11 Å². The SMILES string of the molecule is O=[N+]([O-])c1ccc(-c2nc3ccccc3s2)c(O)c1. The maximum Gasteiger partial charge on any atom is 0.273 e. The summed E-state index contributed by atoms with van der Waals surface area (Å²) in [5.74, 6) is -0.131. The van der Waals surface area contributed by atoms with E-state index in [1.165, 1.54) is 23.5 Å². The summed E-state index contributed by atoms with van der Waals surface area (Å²) in [7, 11) is 0. The maximum absolute atomic E-state index is 10.6. The lowest BCUT2D eigenvalue weighted by Gasteiger charge is -2.00. The summed E-state index contributed by atoms with van der Waals surface area (Å²) in [5.41, 5.74) is 1.22. The maximum atomic E-state index is 10.6. The van der Waals surface area contributed by atoms with Crippen molar-refractivity contribution in [2.75, 3.05) is 0 Å². The molecule has 0 atom stereocenters. The normalized spacial score (nSPS) is 10.7. The molecule has 0 aliphatic heterocycles. The number of aromatic hydroxyl groups is 1. The Morgan fingerprint density at radius 1 is 1.21 bits per heavy atom. The average Bonchev–Trinajstić information content (AvgIpc) is 2.81. The van der Waals surface area contributed by atoms with Gasteiger partial charge in [0, 0.05) is 6.07 Å². The number of benzene rings is 2. The zero-order chi connectivity index (χ0) is 13.4. The highest BCUT2D eigenvalue weighted by Crippen LogP contribution is 2.36. The predicted molar refractivity (Wildman–Crippen MR) is 73.4 cm³/mol. The van der Waals surface area contributed by atoms with Crippen LogP contribution < -0.4 is 0 Å². The fourth-order valence-electron chi connectivity index (χ4n) is 1.80. The van der Waals surface area contributed by atoms with Crippen LogP contribution in [0.4, 0.5) is 5.69 Å². The van der Waals surface area contributed by atoms with Gasteiger partial charge in [0.05, 0.1) is 26.8 Å². The van der Waals surface area contributed by atoms with E-state index in [2.05, 4.69) is 4.98 Å². The lowest BCUT2D eigenvalue weighted by atomic mass is 10.2. The van der Waals surface area contributed by atoms with E-state index in [1.54, 1.807) is 0 Å². The summed E-state index contributed by atoms with van der Waals surface area (Å²) in [6.07, 6.45) is 0. The van der Waals surface area contributed by atoms with Crippen LogP contribution in [-0.2, 0) is 0 Å². The molecule has 0 spiro atoms. The van der Waals surface area contributed by atoms with Crippen molar-refractivity contribution in [3.8, 4) is 16.3 Å². The third-order valence-electron chi connectivity index (χ3n) is 2.72. The summed E-state index contributed by atoms with van der Waals surface area (Å²) >= 11 is 1.44. The molecule has 0 bridgehead atoms. The van der Waals surface area contributed by atoms with Gasteiger partial charge in [-0.25, -0.2) is 4.98 Å². The van der Waals surface area contributed by atoms with Gasteiger partial charge in [-0.3, -0.25) is 10.1 Å². The number of phenols is 1. The Morgan fingerprint density at radius 3 is 2.68 bits per heavy atom. The second-order valence-electron chi connectivity index (χ2n) is 3.95. The number of para-hydroxylation sites is 1. The van der Waals surface area contributed by atoms with Crippen LogP contribution in [0.1, 0.15) is 0 Å². The van der Waals surface area contributed by atoms with Crippen molar-refractivity contribution < 1.29 is 10.0 Å². The first-order chi connectivity index (χ1) is 9.15. The molecule has 6 heteroatoms. The van der Waals surface area contributed by atoms with Crippen molar-refractivity contribution in [2.24, 2.45) is 0 Å². The molecule has 94 valence electrons. The third-order valence-corrected chi connectivity index (χ3v) is 3.79. The Labute approximate surface area is 111 Å². The molecule has 1 heterocycles. The number of fused-ring (bicyclic) bond motifs is 1. The first-order valence-corrected chi connectivity index (χ1v) is 6.30. The van der Waals surface area contributed by atoms with Crippen molar-refractivity contribution in [3.63, 3.8) is 0 Å². The van der Waals surface area contributed by atoms with Crippen LogP contribution in [0.2, 0.25) is 0 Å². The zero-order valence-electron chi connectivity index (χ0n) is 9.61. The molecule has 5 nitrogen and oxygen atoms in total. The van der Waals surface area contributed by atoms with E-state index < -0.39 is 4.92 Å². The van der Waals surface area contributed by atoms with Gasteiger partial charge in [0.1, 0.15) is 10.8 Å².